The van der Waals surface area contributed by atoms with Crippen LogP contribution in [0.5, 0.6) is 0 Å². The molecule has 3 rings (SSSR count). The number of allylic oxidation sites excluding steroid dienone is 1. The predicted molar refractivity (Wildman–Crippen MR) is 65.0 cm³/mol. The molecule has 1 fully saturated rings. The molecule has 0 aliphatic heterocycles. The Kier molecular flexibility index (Phi) is 2.87. The van der Waals surface area contributed by atoms with Gasteiger partial charge in [-0.15, -0.1) is 5.10 Å². The Balaban J connectivity index is 1.93. The van der Waals surface area contributed by atoms with Crippen molar-refractivity contribution in [3.8, 4) is 0 Å². The van der Waals surface area contributed by atoms with E-state index in [0.29, 0.717) is 12.8 Å². The summed E-state index contributed by atoms with van der Waals surface area (Å²) in [6.45, 7) is 0. The second-order valence-corrected chi connectivity index (χ2v) is 5.11. The van der Waals surface area contributed by atoms with Gasteiger partial charge >= 0.3 is 0 Å². The molecule has 7 nitrogen and oxygen atoms in total. The van der Waals surface area contributed by atoms with E-state index < -0.39 is 18.1 Å². The molecule has 0 aromatic carbocycles. The quantitative estimate of drug-likeness (QED) is 0.616. The standard InChI is InChI=1S/C12H16N4O3/c13-11(19)12-14-5-16(15-12)7-4-9(18)10-6(7)2-1-3-8(10)17/h2,5,7-10,17-18H,1,3-4H2,(H2,13,19)/t7-,8+,9-,10+/m0/s1. The molecule has 0 radical (unpaired) electrons. The first-order chi connectivity index (χ1) is 9.08. The van der Waals surface area contributed by atoms with E-state index >= 15 is 0 Å². The maximum atomic E-state index is 11.0. The van der Waals surface area contributed by atoms with Crippen molar-refractivity contribution in [2.75, 3.05) is 0 Å². The summed E-state index contributed by atoms with van der Waals surface area (Å²) < 4.78 is 1.55. The lowest BCUT2D eigenvalue weighted by molar-refractivity contribution is 0.0372. The number of carbonyl (C=O) groups excluding carboxylic acids is 1. The smallest absolute Gasteiger partial charge is 0.288 e. The van der Waals surface area contributed by atoms with E-state index in [-0.39, 0.29) is 17.8 Å². The number of fused-ring (bicyclic) bond motifs is 1. The first-order valence-corrected chi connectivity index (χ1v) is 6.35. The first kappa shape index (κ1) is 12.3. The highest BCUT2D eigenvalue weighted by Crippen LogP contribution is 2.44. The summed E-state index contributed by atoms with van der Waals surface area (Å²) >= 11 is 0. The highest BCUT2D eigenvalue weighted by atomic mass is 16.3. The van der Waals surface area contributed by atoms with Crippen molar-refractivity contribution in [2.45, 2.75) is 37.5 Å². The fraction of sp³-hybridized carbons (Fsp3) is 0.583. The minimum absolute atomic E-state index is 0.0325. The molecule has 19 heavy (non-hydrogen) atoms. The molecule has 2 aliphatic rings. The average molecular weight is 264 g/mol. The Morgan fingerprint density at radius 1 is 1.42 bits per heavy atom. The monoisotopic (exact) mass is 264 g/mol. The third-order valence-corrected chi connectivity index (χ3v) is 3.95. The Hall–Kier alpha value is -1.73. The number of carbonyl (C=O) groups is 1. The number of aliphatic hydroxyl groups excluding tert-OH is 2. The minimum Gasteiger partial charge on any atom is -0.392 e. The first-order valence-electron chi connectivity index (χ1n) is 6.35. The van der Waals surface area contributed by atoms with Crippen molar-refractivity contribution in [2.24, 2.45) is 11.7 Å². The fourth-order valence-electron chi connectivity index (χ4n) is 3.11. The molecule has 102 valence electrons. The normalized spacial score (nSPS) is 33.9. The van der Waals surface area contributed by atoms with Crippen LogP contribution < -0.4 is 5.73 Å². The van der Waals surface area contributed by atoms with Gasteiger partial charge in [0.2, 0.25) is 5.82 Å². The van der Waals surface area contributed by atoms with Gasteiger partial charge in [0.05, 0.1) is 18.2 Å². The number of amides is 1. The van der Waals surface area contributed by atoms with Crippen LogP contribution in [-0.4, -0.2) is 43.1 Å². The highest BCUT2D eigenvalue weighted by Gasteiger charge is 2.44. The molecule has 1 amide bonds. The predicted octanol–water partition coefficient (Wildman–Crippen LogP) is -0.620. The molecular formula is C12H16N4O3. The number of aliphatic hydroxyl groups is 2. The number of hydrogen-bond donors (Lipinski definition) is 3. The van der Waals surface area contributed by atoms with E-state index in [0.717, 1.165) is 12.0 Å². The minimum atomic E-state index is -0.675. The highest BCUT2D eigenvalue weighted by molar-refractivity contribution is 5.88. The van der Waals surface area contributed by atoms with Crippen LogP contribution in [0.15, 0.2) is 18.0 Å². The van der Waals surface area contributed by atoms with Crippen LogP contribution >= 0.6 is 0 Å². The molecule has 2 aliphatic carbocycles. The molecule has 0 unspecified atom stereocenters. The third kappa shape index (κ3) is 1.95. The molecule has 1 aromatic heterocycles. The van der Waals surface area contributed by atoms with Crippen LogP contribution in [0.25, 0.3) is 0 Å². The van der Waals surface area contributed by atoms with Gasteiger partial charge in [0, 0.05) is 12.3 Å². The van der Waals surface area contributed by atoms with Gasteiger partial charge in [0.1, 0.15) is 6.33 Å². The zero-order chi connectivity index (χ0) is 13.6. The lowest BCUT2D eigenvalue weighted by Gasteiger charge is -2.27. The second-order valence-electron chi connectivity index (χ2n) is 5.11. The van der Waals surface area contributed by atoms with Crippen LogP contribution in [0.3, 0.4) is 0 Å². The molecule has 1 saturated carbocycles. The lowest BCUT2D eigenvalue weighted by Crippen LogP contribution is -2.30. The second kappa shape index (κ2) is 4.43. The number of hydrogen-bond acceptors (Lipinski definition) is 5. The van der Waals surface area contributed by atoms with Gasteiger partial charge in [0.15, 0.2) is 0 Å². The fourth-order valence-corrected chi connectivity index (χ4v) is 3.11. The topological polar surface area (TPSA) is 114 Å². The Labute approximate surface area is 109 Å². The van der Waals surface area contributed by atoms with Crippen molar-refractivity contribution in [3.63, 3.8) is 0 Å². The SMILES string of the molecule is NC(=O)c1ncn([C@H]2C[C@H](O)[C@@H]3C2=CCC[C@H]3O)n1. The Bertz CT molecular complexity index is 539. The lowest BCUT2D eigenvalue weighted by atomic mass is 9.85. The average Bonchev–Trinajstić information content (AvgIpc) is 2.95. The molecule has 0 saturated heterocycles. The van der Waals surface area contributed by atoms with Crippen LogP contribution in [0, 0.1) is 5.92 Å². The summed E-state index contributed by atoms with van der Waals surface area (Å²) in [5, 5.41) is 24.1. The molecule has 4 N–H and O–H groups in total. The van der Waals surface area contributed by atoms with Gasteiger partial charge in [-0.1, -0.05) is 6.08 Å². The summed E-state index contributed by atoms with van der Waals surface area (Å²) in [6.07, 6.45) is 4.31. The van der Waals surface area contributed by atoms with Crippen LogP contribution in [0.2, 0.25) is 0 Å². The van der Waals surface area contributed by atoms with Crippen molar-refractivity contribution in [1.29, 1.82) is 0 Å². The van der Waals surface area contributed by atoms with Crippen molar-refractivity contribution >= 4 is 5.91 Å². The van der Waals surface area contributed by atoms with Gasteiger partial charge in [-0.3, -0.25) is 4.79 Å². The maximum Gasteiger partial charge on any atom is 0.288 e. The molecule has 4 atom stereocenters. The van der Waals surface area contributed by atoms with Gasteiger partial charge in [0.25, 0.3) is 5.91 Å². The van der Waals surface area contributed by atoms with E-state index in [1.165, 1.54) is 6.33 Å². The van der Waals surface area contributed by atoms with Crippen molar-refractivity contribution < 1.29 is 15.0 Å². The number of nitrogens with zero attached hydrogens (tertiary/aromatic N) is 3. The summed E-state index contributed by atoms with van der Waals surface area (Å²) in [4.78, 5) is 14.9. The van der Waals surface area contributed by atoms with Gasteiger partial charge in [-0.05, 0) is 18.4 Å². The van der Waals surface area contributed by atoms with Crippen LogP contribution in [0.4, 0.5) is 0 Å². The van der Waals surface area contributed by atoms with Crippen molar-refractivity contribution in [3.05, 3.63) is 23.8 Å². The number of aromatic nitrogens is 3. The van der Waals surface area contributed by atoms with Crippen molar-refractivity contribution in [1.82, 2.24) is 14.8 Å². The van der Waals surface area contributed by atoms with E-state index in [9.17, 15) is 15.0 Å². The van der Waals surface area contributed by atoms with Gasteiger partial charge < -0.3 is 15.9 Å². The van der Waals surface area contributed by atoms with E-state index in [4.69, 9.17) is 5.73 Å². The maximum absolute atomic E-state index is 11.0. The van der Waals surface area contributed by atoms with Gasteiger partial charge in [-0.2, -0.15) is 0 Å². The van der Waals surface area contributed by atoms with E-state index in [2.05, 4.69) is 10.1 Å². The zero-order valence-corrected chi connectivity index (χ0v) is 10.3. The molecule has 1 aromatic rings. The largest absolute Gasteiger partial charge is 0.392 e. The number of primary amides is 1. The number of rotatable bonds is 2. The summed E-state index contributed by atoms with van der Waals surface area (Å²) in [6, 6.07) is -0.157. The number of nitrogens with two attached hydrogens (primary N) is 1. The van der Waals surface area contributed by atoms with E-state index in [1.54, 1.807) is 4.68 Å². The van der Waals surface area contributed by atoms with Crippen LogP contribution in [0.1, 0.15) is 35.9 Å². The molecule has 0 bridgehead atoms. The van der Waals surface area contributed by atoms with E-state index in [1.807, 2.05) is 6.08 Å². The zero-order valence-electron chi connectivity index (χ0n) is 10.3. The Morgan fingerprint density at radius 3 is 2.89 bits per heavy atom. The molecule has 1 heterocycles. The molecule has 7 heteroatoms. The third-order valence-electron chi connectivity index (χ3n) is 3.95. The Morgan fingerprint density at radius 2 is 2.21 bits per heavy atom. The molecule has 0 spiro atoms. The van der Waals surface area contributed by atoms with Gasteiger partial charge in [-0.25, -0.2) is 9.67 Å². The molecular weight excluding hydrogens is 248 g/mol. The summed E-state index contributed by atoms with van der Waals surface area (Å²) in [7, 11) is 0. The van der Waals surface area contributed by atoms with Crippen LogP contribution in [-0.2, 0) is 0 Å². The summed E-state index contributed by atoms with van der Waals surface area (Å²) in [5.74, 6) is -0.943. The summed E-state index contributed by atoms with van der Waals surface area (Å²) in [5.41, 5.74) is 6.10.